The molecule has 156 valence electrons. The van der Waals surface area contributed by atoms with Crippen molar-refractivity contribution in [3.8, 4) is 5.75 Å². The van der Waals surface area contributed by atoms with Gasteiger partial charge in [-0.15, -0.1) is 0 Å². The van der Waals surface area contributed by atoms with Crippen LogP contribution in [-0.2, 0) is 33.4 Å². The Morgan fingerprint density at radius 2 is 1.59 bits per heavy atom. The van der Waals surface area contributed by atoms with Crippen molar-refractivity contribution in [3.05, 3.63) is 36.0 Å². The lowest BCUT2D eigenvalue weighted by Gasteiger charge is -2.35. The van der Waals surface area contributed by atoms with Crippen molar-refractivity contribution >= 4 is 29.5 Å². The van der Waals surface area contributed by atoms with Crippen LogP contribution in [0.2, 0.25) is 0 Å². The van der Waals surface area contributed by atoms with E-state index in [-0.39, 0.29) is 18.5 Å². The molecule has 0 N–H and O–H groups in total. The summed E-state index contributed by atoms with van der Waals surface area (Å²) >= 11 is 0. The summed E-state index contributed by atoms with van der Waals surface area (Å²) in [6.45, 7) is 5.69. The molecule has 0 unspecified atom stereocenters. The number of benzene rings is 1. The number of amides is 1. The van der Waals surface area contributed by atoms with Crippen LogP contribution in [0.3, 0.4) is 0 Å². The van der Waals surface area contributed by atoms with Crippen LogP contribution in [-0.4, -0.2) is 43.3 Å². The van der Waals surface area contributed by atoms with Gasteiger partial charge in [-0.2, -0.15) is 0 Å². The van der Waals surface area contributed by atoms with Crippen LogP contribution in [0.4, 0.5) is 5.69 Å². The molecule has 0 atom stereocenters. The lowest BCUT2D eigenvalue weighted by Crippen LogP contribution is -2.46. The molecule has 1 aromatic carbocycles. The Balaban J connectivity index is 2.44. The van der Waals surface area contributed by atoms with Crippen LogP contribution in [0.1, 0.15) is 33.6 Å². The highest BCUT2D eigenvalue weighted by molar-refractivity contribution is 6.39. The van der Waals surface area contributed by atoms with Crippen LogP contribution in [0.5, 0.6) is 5.75 Å². The van der Waals surface area contributed by atoms with Crippen LogP contribution < -0.4 is 9.64 Å². The van der Waals surface area contributed by atoms with E-state index in [1.807, 2.05) is 6.92 Å². The Kier molecular flexibility index (Phi) is 6.98. The zero-order valence-electron chi connectivity index (χ0n) is 16.7. The maximum Gasteiger partial charge on any atom is 0.397 e. The van der Waals surface area contributed by atoms with Crippen LogP contribution in [0.15, 0.2) is 36.0 Å². The molecule has 1 aliphatic rings. The lowest BCUT2D eigenvalue weighted by molar-refractivity contribution is -0.237. The number of methoxy groups -OCH3 is 1. The van der Waals surface area contributed by atoms with Gasteiger partial charge in [0.25, 0.3) is 5.79 Å². The third kappa shape index (κ3) is 4.74. The molecule has 1 aliphatic heterocycles. The maximum atomic E-state index is 12.5. The molecule has 9 heteroatoms. The van der Waals surface area contributed by atoms with E-state index in [0.29, 0.717) is 12.4 Å². The van der Waals surface area contributed by atoms with Gasteiger partial charge in [0.05, 0.1) is 13.7 Å². The first-order valence-electron chi connectivity index (χ1n) is 9.13. The molecule has 0 radical (unpaired) electrons. The molecule has 29 heavy (non-hydrogen) atoms. The molecule has 1 fully saturated rings. The average molecular weight is 405 g/mol. The van der Waals surface area contributed by atoms with E-state index in [4.69, 9.17) is 14.2 Å². The highest BCUT2D eigenvalue weighted by Crippen LogP contribution is 2.30. The molecule has 0 aliphatic carbocycles. The number of nitrogens with zero attached hydrogens (tertiary/aromatic N) is 1. The fourth-order valence-electron chi connectivity index (χ4n) is 2.63. The zero-order chi connectivity index (χ0) is 21.6. The summed E-state index contributed by atoms with van der Waals surface area (Å²) in [6.07, 6.45) is 1.46. The van der Waals surface area contributed by atoms with Crippen molar-refractivity contribution < 1.29 is 38.1 Å². The number of hydrogen-bond acceptors (Lipinski definition) is 8. The minimum Gasteiger partial charge on any atom is -0.494 e. The quantitative estimate of drug-likeness (QED) is 0.306. The monoisotopic (exact) mass is 405 g/mol. The summed E-state index contributed by atoms with van der Waals surface area (Å²) in [5.74, 6) is -4.97. The normalized spacial score (nSPS) is 15.1. The largest absolute Gasteiger partial charge is 0.494 e. The van der Waals surface area contributed by atoms with Gasteiger partial charge in [-0.1, -0.05) is 13.8 Å². The minimum absolute atomic E-state index is 0.208. The summed E-state index contributed by atoms with van der Waals surface area (Å²) in [6, 6.07) is 6.13. The van der Waals surface area contributed by atoms with Crippen molar-refractivity contribution in [1.29, 1.82) is 0 Å². The minimum atomic E-state index is -1.35. The molecule has 1 saturated heterocycles. The SMILES string of the molecule is CCOc1ccc(N(C=C2C(=O)OC(CC)(CC)OC2=O)C(=O)C(=O)OC)cc1. The number of cyclic esters (lactones) is 2. The Bertz CT molecular complexity index is 801. The Morgan fingerprint density at radius 1 is 1.03 bits per heavy atom. The van der Waals surface area contributed by atoms with Gasteiger partial charge < -0.3 is 18.9 Å². The fraction of sp³-hybridized carbons (Fsp3) is 0.400. The molecule has 0 aromatic heterocycles. The van der Waals surface area contributed by atoms with E-state index < -0.39 is 35.2 Å². The first-order valence-corrected chi connectivity index (χ1v) is 9.13. The van der Waals surface area contributed by atoms with E-state index in [2.05, 4.69) is 4.74 Å². The summed E-state index contributed by atoms with van der Waals surface area (Å²) < 4.78 is 20.4. The lowest BCUT2D eigenvalue weighted by atomic mass is 10.1. The van der Waals surface area contributed by atoms with Crippen LogP contribution >= 0.6 is 0 Å². The predicted octanol–water partition coefficient (Wildman–Crippen LogP) is 2.09. The third-order valence-electron chi connectivity index (χ3n) is 4.34. The molecule has 0 spiro atoms. The van der Waals surface area contributed by atoms with Crippen molar-refractivity contribution in [2.24, 2.45) is 0 Å². The van der Waals surface area contributed by atoms with Crippen molar-refractivity contribution in [2.45, 2.75) is 39.4 Å². The number of esters is 3. The molecule has 9 nitrogen and oxygen atoms in total. The standard InChI is InChI=1S/C20H23NO8/c1-5-20(6-2)28-17(23)15(18(24)29-20)12-21(16(22)19(25)26-4)13-8-10-14(11-9-13)27-7-3/h8-12H,5-7H2,1-4H3. The fourth-order valence-corrected chi connectivity index (χ4v) is 2.63. The Hall–Kier alpha value is -3.36. The van der Waals surface area contributed by atoms with E-state index in [0.717, 1.165) is 18.2 Å². The van der Waals surface area contributed by atoms with Gasteiger partial charge >= 0.3 is 23.8 Å². The van der Waals surface area contributed by atoms with Crippen LogP contribution in [0, 0.1) is 0 Å². The molecule has 1 aromatic rings. The van der Waals surface area contributed by atoms with Gasteiger partial charge in [0.2, 0.25) is 0 Å². The second kappa shape index (κ2) is 9.22. The molecular formula is C20H23NO8. The first kappa shape index (κ1) is 21.9. The summed E-state index contributed by atoms with van der Waals surface area (Å²) in [4.78, 5) is 50.0. The number of ether oxygens (including phenoxy) is 4. The number of rotatable bonds is 6. The molecule has 0 bridgehead atoms. The number of anilines is 1. The molecule has 1 heterocycles. The molecule has 2 rings (SSSR count). The molecular weight excluding hydrogens is 382 g/mol. The van der Waals surface area contributed by atoms with E-state index in [9.17, 15) is 19.2 Å². The average Bonchev–Trinajstić information content (AvgIpc) is 2.73. The Morgan fingerprint density at radius 3 is 2.03 bits per heavy atom. The number of carbonyl (C=O) groups excluding carboxylic acids is 4. The predicted molar refractivity (Wildman–Crippen MR) is 101 cm³/mol. The topological polar surface area (TPSA) is 108 Å². The third-order valence-corrected chi connectivity index (χ3v) is 4.34. The van der Waals surface area contributed by atoms with Crippen molar-refractivity contribution in [1.82, 2.24) is 0 Å². The van der Waals surface area contributed by atoms with Crippen molar-refractivity contribution in [3.63, 3.8) is 0 Å². The number of hydrogen-bond donors (Lipinski definition) is 0. The molecule has 0 saturated carbocycles. The second-order valence-electron chi connectivity index (χ2n) is 6.03. The summed E-state index contributed by atoms with van der Waals surface area (Å²) in [5, 5.41) is 0. The molecule has 1 amide bonds. The van der Waals surface area contributed by atoms with E-state index in [1.165, 1.54) is 12.1 Å². The zero-order valence-corrected chi connectivity index (χ0v) is 16.7. The van der Waals surface area contributed by atoms with E-state index in [1.54, 1.807) is 26.0 Å². The second-order valence-corrected chi connectivity index (χ2v) is 6.03. The highest BCUT2D eigenvalue weighted by Gasteiger charge is 2.44. The van der Waals surface area contributed by atoms with Gasteiger partial charge in [0.1, 0.15) is 5.75 Å². The van der Waals surface area contributed by atoms with Crippen LogP contribution in [0.25, 0.3) is 0 Å². The van der Waals surface area contributed by atoms with E-state index >= 15 is 0 Å². The van der Waals surface area contributed by atoms with Gasteiger partial charge in [-0.25, -0.2) is 14.4 Å². The first-order chi connectivity index (χ1) is 13.8. The smallest absolute Gasteiger partial charge is 0.397 e. The van der Waals surface area contributed by atoms with Gasteiger partial charge in [-0.3, -0.25) is 9.69 Å². The number of carbonyl (C=O) groups is 4. The highest BCUT2D eigenvalue weighted by atomic mass is 16.7. The Labute approximate surface area is 168 Å². The maximum absolute atomic E-state index is 12.5. The van der Waals surface area contributed by atoms with Gasteiger partial charge in [-0.05, 0) is 31.2 Å². The summed E-state index contributed by atoms with van der Waals surface area (Å²) in [7, 11) is 1.05. The van der Waals surface area contributed by atoms with Crippen molar-refractivity contribution in [2.75, 3.05) is 18.6 Å². The summed E-state index contributed by atoms with van der Waals surface area (Å²) in [5.41, 5.74) is -0.312. The van der Waals surface area contributed by atoms with Gasteiger partial charge in [0, 0.05) is 24.7 Å². The van der Waals surface area contributed by atoms with Gasteiger partial charge in [0.15, 0.2) is 5.57 Å².